The Bertz CT molecular complexity index is 401. The Balaban J connectivity index is 2.13. The van der Waals surface area contributed by atoms with Crippen molar-refractivity contribution in [2.45, 2.75) is 12.2 Å². The largest absolute Gasteiger partial charge is 0.346 e. The first-order valence-corrected chi connectivity index (χ1v) is 6.55. The highest BCUT2D eigenvalue weighted by atomic mass is 127. The van der Waals surface area contributed by atoms with E-state index in [4.69, 9.17) is 9.47 Å². The van der Waals surface area contributed by atoms with Crippen molar-refractivity contribution in [3.63, 3.8) is 0 Å². The standard InChI is InChI=1S/C12H13IO3/c1-15-12-10-7(5-9(13)11(12)14)3-2-4-8(10)6-16-12/h2,4-5,7-8,10H,3,6H2,1H3/t7-,8+,10+,12-/m0/s1. The van der Waals surface area contributed by atoms with E-state index in [1.165, 1.54) is 0 Å². The summed E-state index contributed by atoms with van der Waals surface area (Å²) >= 11 is 2.09. The van der Waals surface area contributed by atoms with E-state index in [2.05, 4.69) is 40.8 Å². The van der Waals surface area contributed by atoms with Crippen LogP contribution in [0.25, 0.3) is 0 Å². The minimum absolute atomic E-state index is 0.00495. The lowest BCUT2D eigenvalue weighted by Gasteiger charge is -2.40. The van der Waals surface area contributed by atoms with E-state index in [1.807, 2.05) is 0 Å². The molecule has 0 unspecified atom stereocenters. The Hall–Kier alpha value is -0.200. The number of allylic oxidation sites excluding steroid dienone is 2. The molecule has 0 aromatic heterocycles. The van der Waals surface area contributed by atoms with Crippen LogP contribution in [0.3, 0.4) is 0 Å². The van der Waals surface area contributed by atoms with E-state index in [-0.39, 0.29) is 11.7 Å². The SMILES string of the molecule is CO[C@@]12OC[C@H]3C=CC[C@@H](C=C(I)C1=O)[C@H]32. The van der Waals surface area contributed by atoms with Crippen LogP contribution >= 0.6 is 22.6 Å². The number of carbonyl (C=O) groups is 1. The fraction of sp³-hybridized carbons (Fsp3) is 0.583. The molecular weight excluding hydrogens is 319 g/mol. The molecule has 0 saturated carbocycles. The maximum absolute atomic E-state index is 12.2. The zero-order chi connectivity index (χ0) is 11.3. The van der Waals surface area contributed by atoms with Crippen LogP contribution in [0.2, 0.25) is 0 Å². The van der Waals surface area contributed by atoms with Gasteiger partial charge in [-0.25, -0.2) is 0 Å². The monoisotopic (exact) mass is 332 g/mol. The minimum atomic E-state index is -1.01. The molecule has 3 aliphatic rings. The first-order chi connectivity index (χ1) is 7.69. The molecule has 0 aromatic carbocycles. The fourth-order valence-corrected chi connectivity index (χ4v) is 3.98. The zero-order valence-electron chi connectivity index (χ0n) is 8.98. The molecule has 0 aromatic rings. The van der Waals surface area contributed by atoms with Crippen LogP contribution in [-0.2, 0) is 14.3 Å². The number of hydrogen-bond donors (Lipinski definition) is 0. The van der Waals surface area contributed by atoms with Crippen LogP contribution in [0, 0.1) is 17.8 Å². The summed E-state index contributed by atoms with van der Waals surface area (Å²) in [7, 11) is 1.57. The van der Waals surface area contributed by atoms with Crippen molar-refractivity contribution in [3.8, 4) is 0 Å². The molecule has 4 atom stereocenters. The molecule has 4 heteroatoms. The maximum atomic E-state index is 12.2. The van der Waals surface area contributed by atoms with Gasteiger partial charge >= 0.3 is 0 Å². The van der Waals surface area contributed by atoms with E-state index in [1.54, 1.807) is 7.11 Å². The number of methoxy groups -OCH3 is 1. The van der Waals surface area contributed by atoms with Crippen LogP contribution in [0.15, 0.2) is 21.8 Å². The summed E-state index contributed by atoms with van der Waals surface area (Å²) in [6.07, 6.45) is 7.42. The molecule has 0 amide bonds. The second-order valence-corrected chi connectivity index (χ2v) is 5.71. The summed E-state index contributed by atoms with van der Waals surface area (Å²) < 4.78 is 11.9. The molecule has 3 nitrogen and oxygen atoms in total. The van der Waals surface area contributed by atoms with Crippen molar-refractivity contribution >= 4 is 28.4 Å². The average Bonchev–Trinajstić information content (AvgIpc) is 2.68. The van der Waals surface area contributed by atoms with Crippen molar-refractivity contribution in [2.24, 2.45) is 17.8 Å². The molecule has 0 spiro atoms. The number of ketones is 1. The number of ether oxygens (including phenoxy) is 2. The predicted octanol–water partition coefficient (Wildman–Crippen LogP) is 2.07. The van der Waals surface area contributed by atoms with Crippen molar-refractivity contribution in [3.05, 3.63) is 21.8 Å². The van der Waals surface area contributed by atoms with Crippen molar-refractivity contribution in [2.75, 3.05) is 13.7 Å². The predicted molar refractivity (Wildman–Crippen MR) is 67.0 cm³/mol. The third-order valence-corrected chi connectivity index (χ3v) is 4.69. The van der Waals surface area contributed by atoms with Gasteiger partial charge in [-0.2, -0.15) is 0 Å². The number of halogens is 1. The lowest BCUT2D eigenvalue weighted by Crippen LogP contribution is -2.52. The van der Waals surface area contributed by atoms with Gasteiger partial charge in [-0.1, -0.05) is 18.2 Å². The van der Waals surface area contributed by atoms with Gasteiger partial charge in [0.15, 0.2) is 0 Å². The topological polar surface area (TPSA) is 35.5 Å². The van der Waals surface area contributed by atoms with Crippen LogP contribution in [0.1, 0.15) is 6.42 Å². The Labute approximate surface area is 108 Å². The fourth-order valence-electron chi connectivity index (χ4n) is 3.14. The molecule has 0 N–H and O–H groups in total. The highest BCUT2D eigenvalue weighted by Crippen LogP contribution is 2.51. The molecule has 1 heterocycles. The van der Waals surface area contributed by atoms with Crippen LogP contribution in [-0.4, -0.2) is 25.3 Å². The van der Waals surface area contributed by atoms with Gasteiger partial charge in [-0.15, -0.1) is 0 Å². The Kier molecular flexibility index (Phi) is 2.49. The number of hydrogen-bond acceptors (Lipinski definition) is 3. The summed E-state index contributed by atoms with van der Waals surface area (Å²) in [6, 6.07) is 0. The van der Waals surface area contributed by atoms with Gasteiger partial charge in [-0.05, 0) is 34.9 Å². The number of carbonyl (C=O) groups excluding carboxylic acids is 1. The maximum Gasteiger partial charge on any atom is 0.238 e. The molecule has 16 heavy (non-hydrogen) atoms. The van der Waals surface area contributed by atoms with Crippen LogP contribution in [0.5, 0.6) is 0 Å². The molecule has 1 fully saturated rings. The van der Waals surface area contributed by atoms with E-state index < -0.39 is 5.79 Å². The quantitative estimate of drug-likeness (QED) is 0.545. The second kappa shape index (κ2) is 3.65. The van der Waals surface area contributed by atoms with Gasteiger partial charge in [0.2, 0.25) is 11.6 Å². The van der Waals surface area contributed by atoms with Crippen molar-refractivity contribution in [1.82, 2.24) is 0 Å². The molecular formula is C12H13IO3. The lowest BCUT2D eigenvalue weighted by molar-refractivity contribution is -0.215. The highest BCUT2D eigenvalue weighted by Gasteiger charge is 2.60. The van der Waals surface area contributed by atoms with E-state index >= 15 is 0 Å². The third kappa shape index (κ3) is 1.23. The molecule has 1 saturated heterocycles. The molecule has 0 radical (unpaired) electrons. The zero-order valence-corrected chi connectivity index (χ0v) is 11.1. The van der Waals surface area contributed by atoms with Gasteiger partial charge in [0, 0.05) is 18.9 Å². The molecule has 0 bridgehead atoms. The summed E-state index contributed by atoms with van der Waals surface area (Å²) in [5, 5.41) is 0. The van der Waals surface area contributed by atoms with Crippen LogP contribution < -0.4 is 0 Å². The highest BCUT2D eigenvalue weighted by molar-refractivity contribution is 14.1. The first-order valence-electron chi connectivity index (χ1n) is 5.47. The van der Waals surface area contributed by atoms with E-state index in [0.29, 0.717) is 18.4 Å². The van der Waals surface area contributed by atoms with Crippen molar-refractivity contribution in [1.29, 1.82) is 0 Å². The van der Waals surface area contributed by atoms with Gasteiger partial charge < -0.3 is 9.47 Å². The summed E-state index contributed by atoms with van der Waals surface area (Å²) in [4.78, 5) is 12.2. The van der Waals surface area contributed by atoms with Gasteiger partial charge in [0.25, 0.3) is 0 Å². The van der Waals surface area contributed by atoms with Gasteiger partial charge in [0.1, 0.15) is 0 Å². The van der Waals surface area contributed by atoms with Gasteiger partial charge in [-0.3, -0.25) is 4.79 Å². The lowest BCUT2D eigenvalue weighted by atomic mass is 9.69. The van der Waals surface area contributed by atoms with E-state index in [0.717, 1.165) is 10.0 Å². The first kappa shape index (κ1) is 10.9. The normalized spacial score (nSPS) is 45.5. The molecule has 1 aliphatic heterocycles. The second-order valence-electron chi connectivity index (χ2n) is 4.54. The Morgan fingerprint density at radius 3 is 3.12 bits per heavy atom. The summed E-state index contributed by atoms with van der Waals surface area (Å²) in [6.45, 7) is 0.592. The average molecular weight is 332 g/mol. The van der Waals surface area contributed by atoms with Crippen molar-refractivity contribution < 1.29 is 14.3 Å². The Morgan fingerprint density at radius 1 is 1.56 bits per heavy atom. The van der Waals surface area contributed by atoms with Gasteiger partial charge in [0.05, 0.1) is 10.2 Å². The summed E-state index contributed by atoms with van der Waals surface area (Å²) in [5.74, 6) is -0.153. The molecule has 2 aliphatic carbocycles. The minimum Gasteiger partial charge on any atom is -0.346 e. The summed E-state index contributed by atoms with van der Waals surface area (Å²) in [5.41, 5.74) is 0. The number of Topliss-reactive ketones (excluding diaryl/α,β-unsaturated/α-hetero) is 1. The van der Waals surface area contributed by atoms with Crippen LogP contribution in [0.4, 0.5) is 0 Å². The number of rotatable bonds is 1. The van der Waals surface area contributed by atoms with E-state index in [9.17, 15) is 4.79 Å². The Morgan fingerprint density at radius 2 is 2.38 bits per heavy atom. The molecule has 86 valence electrons. The molecule has 3 rings (SSSR count). The smallest absolute Gasteiger partial charge is 0.238 e. The third-order valence-electron chi connectivity index (χ3n) is 3.84.